The van der Waals surface area contributed by atoms with Crippen molar-refractivity contribution in [2.24, 2.45) is 5.73 Å². The summed E-state index contributed by atoms with van der Waals surface area (Å²) >= 11 is 0. The predicted molar refractivity (Wildman–Crippen MR) is 49.4 cm³/mol. The van der Waals surface area contributed by atoms with E-state index in [1.165, 1.54) is 0 Å². The highest BCUT2D eigenvalue weighted by atomic mass is 16.5. The van der Waals surface area contributed by atoms with Gasteiger partial charge in [-0.3, -0.25) is 0 Å². The van der Waals surface area contributed by atoms with Crippen molar-refractivity contribution in [3.8, 4) is 5.88 Å². The molecule has 0 aliphatic rings. The molecular formula is C9H14N2O2. The number of nitrogens with two attached hydrogens (primary N) is 1. The summed E-state index contributed by atoms with van der Waals surface area (Å²) in [7, 11) is 1.54. The van der Waals surface area contributed by atoms with Crippen molar-refractivity contribution in [3.05, 3.63) is 23.9 Å². The number of nitrogens with zero attached hydrogens (tertiary/aromatic N) is 1. The van der Waals surface area contributed by atoms with Crippen LogP contribution >= 0.6 is 0 Å². The standard InChI is InChI=1S/C9H14N2O2/c1-13-9-6-7(3-5-11-9)8(12)2-4-10/h3,5-6,8,12H,2,4,10H2,1H3. The fraction of sp³-hybridized carbons (Fsp3) is 0.444. The lowest BCUT2D eigenvalue weighted by Crippen LogP contribution is -2.06. The van der Waals surface area contributed by atoms with E-state index >= 15 is 0 Å². The van der Waals surface area contributed by atoms with Crippen LogP contribution in [0.2, 0.25) is 0 Å². The van der Waals surface area contributed by atoms with E-state index in [0.29, 0.717) is 18.8 Å². The van der Waals surface area contributed by atoms with E-state index in [2.05, 4.69) is 4.98 Å². The Kier molecular flexibility index (Phi) is 3.67. The molecule has 0 amide bonds. The first-order valence-corrected chi connectivity index (χ1v) is 4.16. The van der Waals surface area contributed by atoms with Crippen LogP contribution < -0.4 is 10.5 Å². The zero-order valence-corrected chi connectivity index (χ0v) is 7.60. The highest BCUT2D eigenvalue weighted by molar-refractivity contribution is 5.22. The Morgan fingerprint density at radius 1 is 1.69 bits per heavy atom. The molecule has 0 spiro atoms. The number of hydrogen-bond acceptors (Lipinski definition) is 4. The number of aromatic nitrogens is 1. The van der Waals surface area contributed by atoms with Gasteiger partial charge in [-0.2, -0.15) is 0 Å². The highest BCUT2D eigenvalue weighted by Gasteiger charge is 2.07. The molecule has 4 heteroatoms. The van der Waals surface area contributed by atoms with Gasteiger partial charge in [0.2, 0.25) is 5.88 Å². The third-order valence-electron chi connectivity index (χ3n) is 1.79. The van der Waals surface area contributed by atoms with Crippen LogP contribution in [0, 0.1) is 0 Å². The van der Waals surface area contributed by atoms with Crippen molar-refractivity contribution in [2.45, 2.75) is 12.5 Å². The van der Waals surface area contributed by atoms with Crippen molar-refractivity contribution >= 4 is 0 Å². The van der Waals surface area contributed by atoms with Crippen molar-refractivity contribution in [1.29, 1.82) is 0 Å². The minimum atomic E-state index is -0.526. The summed E-state index contributed by atoms with van der Waals surface area (Å²) in [4.78, 5) is 3.94. The van der Waals surface area contributed by atoms with E-state index in [1.54, 1.807) is 25.4 Å². The van der Waals surface area contributed by atoms with E-state index in [4.69, 9.17) is 10.5 Å². The fourth-order valence-electron chi connectivity index (χ4n) is 1.07. The van der Waals surface area contributed by atoms with Crippen LogP contribution in [0.1, 0.15) is 18.1 Å². The number of pyridine rings is 1. The van der Waals surface area contributed by atoms with Gasteiger partial charge in [-0.1, -0.05) is 0 Å². The zero-order chi connectivity index (χ0) is 9.68. The third-order valence-corrected chi connectivity index (χ3v) is 1.79. The average molecular weight is 182 g/mol. The molecule has 0 bridgehead atoms. The lowest BCUT2D eigenvalue weighted by atomic mass is 10.1. The van der Waals surface area contributed by atoms with Crippen molar-refractivity contribution in [3.63, 3.8) is 0 Å². The van der Waals surface area contributed by atoms with Crippen LogP contribution in [0.25, 0.3) is 0 Å². The van der Waals surface area contributed by atoms with Crippen molar-refractivity contribution in [2.75, 3.05) is 13.7 Å². The molecular weight excluding hydrogens is 168 g/mol. The van der Waals surface area contributed by atoms with Crippen LogP contribution in [-0.2, 0) is 0 Å². The molecule has 72 valence electrons. The molecule has 3 N–H and O–H groups in total. The summed E-state index contributed by atoms with van der Waals surface area (Å²) in [5.74, 6) is 0.508. The summed E-state index contributed by atoms with van der Waals surface area (Å²) in [6.45, 7) is 0.464. The number of ether oxygens (including phenoxy) is 1. The van der Waals surface area contributed by atoms with E-state index < -0.39 is 6.10 Å². The Balaban J connectivity index is 2.75. The Labute approximate surface area is 77.4 Å². The van der Waals surface area contributed by atoms with Gasteiger partial charge in [0.05, 0.1) is 13.2 Å². The minimum Gasteiger partial charge on any atom is -0.481 e. The summed E-state index contributed by atoms with van der Waals surface area (Å²) < 4.78 is 4.93. The molecule has 0 radical (unpaired) electrons. The molecule has 0 fully saturated rings. The Morgan fingerprint density at radius 2 is 2.46 bits per heavy atom. The minimum absolute atomic E-state index is 0.464. The molecule has 0 aromatic carbocycles. The normalized spacial score (nSPS) is 12.5. The molecule has 0 aliphatic carbocycles. The van der Waals surface area contributed by atoms with Gasteiger partial charge in [0.15, 0.2) is 0 Å². The number of methoxy groups -OCH3 is 1. The third kappa shape index (κ3) is 2.68. The van der Waals surface area contributed by atoms with Gasteiger partial charge in [0, 0.05) is 12.3 Å². The molecule has 0 aliphatic heterocycles. The lowest BCUT2D eigenvalue weighted by molar-refractivity contribution is 0.169. The average Bonchev–Trinajstić information content (AvgIpc) is 2.18. The second-order valence-corrected chi connectivity index (χ2v) is 2.72. The number of hydrogen-bond donors (Lipinski definition) is 2. The van der Waals surface area contributed by atoms with Crippen LogP contribution in [0.3, 0.4) is 0 Å². The monoisotopic (exact) mass is 182 g/mol. The summed E-state index contributed by atoms with van der Waals surface area (Å²) in [5.41, 5.74) is 6.12. The maximum absolute atomic E-state index is 9.58. The first kappa shape index (κ1) is 9.95. The van der Waals surface area contributed by atoms with Gasteiger partial charge >= 0.3 is 0 Å². The second kappa shape index (κ2) is 4.79. The SMILES string of the molecule is COc1cc(C(O)CCN)ccn1. The molecule has 1 unspecified atom stereocenters. The number of aliphatic hydroxyl groups excluding tert-OH is 1. The Hall–Kier alpha value is -1.13. The van der Waals surface area contributed by atoms with Crippen LogP contribution in [0.15, 0.2) is 18.3 Å². The van der Waals surface area contributed by atoms with Crippen LogP contribution in [0.4, 0.5) is 0 Å². The topological polar surface area (TPSA) is 68.4 Å². The van der Waals surface area contributed by atoms with Gasteiger partial charge < -0.3 is 15.6 Å². The summed E-state index contributed by atoms with van der Waals surface area (Å²) in [6.07, 6.45) is 1.63. The Morgan fingerprint density at radius 3 is 3.08 bits per heavy atom. The zero-order valence-electron chi connectivity index (χ0n) is 7.60. The van der Waals surface area contributed by atoms with E-state index in [0.717, 1.165) is 5.56 Å². The summed E-state index contributed by atoms with van der Waals surface area (Å²) in [5, 5.41) is 9.58. The molecule has 1 heterocycles. The first-order chi connectivity index (χ1) is 6.27. The molecule has 1 aromatic heterocycles. The molecule has 1 aromatic rings. The predicted octanol–water partition coefficient (Wildman–Crippen LogP) is 0.472. The number of aliphatic hydroxyl groups is 1. The summed E-state index contributed by atoms with van der Waals surface area (Å²) in [6, 6.07) is 3.46. The van der Waals surface area contributed by atoms with Gasteiger partial charge in [0.1, 0.15) is 0 Å². The molecule has 13 heavy (non-hydrogen) atoms. The second-order valence-electron chi connectivity index (χ2n) is 2.72. The quantitative estimate of drug-likeness (QED) is 0.710. The largest absolute Gasteiger partial charge is 0.481 e. The molecule has 0 saturated heterocycles. The maximum atomic E-state index is 9.58. The molecule has 0 saturated carbocycles. The smallest absolute Gasteiger partial charge is 0.213 e. The first-order valence-electron chi connectivity index (χ1n) is 4.16. The van der Waals surface area contributed by atoms with E-state index in [1.807, 2.05) is 0 Å². The van der Waals surface area contributed by atoms with Crippen LogP contribution in [-0.4, -0.2) is 23.7 Å². The van der Waals surface area contributed by atoms with Crippen molar-refractivity contribution in [1.82, 2.24) is 4.98 Å². The van der Waals surface area contributed by atoms with Gasteiger partial charge in [-0.25, -0.2) is 4.98 Å². The molecule has 4 nitrogen and oxygen atoms in total. The van der Waals surface area contributed by atoms with E-state index in [-0.39, 0.29) is 0 Å². The van der Waals surface area contributed by atoms with Gasteiger partial charge in [-0.15, -0.1) is 0 Å². The van der Waals surface area contributed by atoms with E-state index in [9.17, 15) is 5.11 Å². The highest BCUT2D eigenvalue weighted by Crippen LogP contribution is 2.18. The molecule has 1 rings (SSSR count). The van der Waals surface area contributed by atoms with Crippen molar-refractivity contribution < 1.29 is 9.84 Å². The lowest BCUT2D eigenvalue weighted by Gasteiger charge is -2.09. The van der Waals surface area contributed by atoms with Crippen LogP contribution in [0.5, 0.6) is 5.88 Å². The molecule has 1 atom stereocenters. The Bertz CT molecular complexity index is 266. The fourth-order valence-corrected chi connectivity index (χ4v) is 1.07. The van der Waals surface area contributed by atoms with Gasteiger partial charge in [-0.05, 0) is 24.6 Å². The maximum Gasteiger partial charge on any atom is 0.213 e. The number of rotatable bonds is 4. The van der Waals surface area contributed by atoms with Gasteiger partial charge in [0.25, 0.3) is 0 Å².